The van der Waals surface area contributed by atoms with Gasteiger partial charge in [-0.1, -0.05) is 30.3 Å². The van der Waals surface area contributed by atoms with Gasteiger partial charge in [-0.2, -0.15) is 0 Å². The molecule has 0 aliphatic carbocycles. The number of hydrogen-bond donors (Lipinski definition) is 1. The van der Waals surface area contributed by atoms with Crippen molar-refractivity contribution in [1.29, 1.82) is 0 Å². The highest BCUT2D eigenvalue weighted by molar-refractivity contribution is 5.78. The first-order valence-corrected chi connectivity index (χ1v) is 13.0. The number of nitrogens with zero attached hydrogens (tertiary/aromatic N) is 2. The number of unbranched alkanes of at least 4 members (excludes halogenated alkanes) is 1. The number of rotatable bonds is 12. The van der Waals surface area contributed by atoms with Crippen molar-refractivity contribution < 1.29 is 14.3 Å². The Labute approximate surface area is 219 Å². The lowest BCUT2D eigenvalue weighted by Crippen LogP contribution is -2.31. The van der Waals surface area contributed by atoms with Crippen molar-refractivity contribution in [2.24, 2.45) is 0 Å². The summed E-state index contributed by atoms with van der Waals surface area (Å²) in [5, 5.41) is 2.97. The minimum Gasteiger partial charge on any atom is -0.494 e. The van der Waals surface area contributed by atoms with Crippen LogP contribution in [0.5, 0.6) is 11.5 Å². The molecule has 0 saturated carbocycles. The van der Waals surface area contributed by atoms with Crippen molar-refractivity contribution in [3.05, 3.63) is 88.7 Å². The topological polar surface area (TPSA) is 65.4 Å². The highest BCUT2D eigenvalue weighted by Crippen LogP contribution is 2.20. The molecule has 1 aromatic heterocycles. The third-order valence-corrected chi connectivity index (χ3v) is 6.35. The zero-order valence-electron chi connectivity index (χ0n) is 22.3. The van der Waals surface area contributed by atoms with Crippen LogP contribution in [-0.4, -0.2) is 35.2 Å². The van der Waals surface area contributed by atoms with Crippen LogP contribution in [0.2, 0.25) is 0 Å². The van der Waals surface area contributed by atoms with E-state index in [-0.39, 0.29) is 12.5 Å². The molecule has 0 bridgehead atoms. The maximum absolute atomic E-state index is 12.4. The minimum absolute atomic E-state index is 0.00116. The molecule has 1 amide bonds. The summed E-state index contributed by atoms with van der Waals surface area (Å²) in [6.45, 7) is 10.2. The van der Waals surface area contributed by atoms with Gasteiger partial charge in [-0.05, 0) is 93.1 Å². The van der Waals surface area contributed by atoms with Gasteiger partial charge in [0.2, 0.25) is 0 Å². The SMILES string of the molecule is Cc1cc(C)cc(OCCCCn2c(CCNC(=O)COc3cc(C)ccc3C)nc3ccccc32)c1. The monoisotopic (exact) mass is 499 g/mol. The van der Waals surface area contributed by atoms with Gasteiger partial charge in [-0.15, -0.1) is 0 Å². The predicted molar refractivity (Wildman–Crippen MR) is 149 cm³/mol. The van der Waals surface area contributed by atoms with Gasteiger partial charge in [0.25, 0.3) is 5.91 Å². The van der Waals surface area contributed by atoms with Crippen LogP contribution in [0.1, 0.15) is 40.9 Å². The first-order valence-electron chi connectivity index (χ1n) is 13.0. The molecule has 0 spiro atoms. The fraction of sp³-hybridized carbons (Fsp3) is 0.355. The van der Waals surface area contributed by atoms with E-state index in [1.165, 1.54) is 11.1 Å². The fourth-order valence-corrected chi connectivity index (χ4v) is 4.51. The smallest absolute Gasteiger partial charge is 0.257 e. The van der Waals surface area contributed by atoms with Crippen LogP contribution >= 0.6 is 0 Å². The molecular weight excluding hydrogens is 462 g/mol. The van der Waals surface area contributed by atoms with Crippen molar-refractivity contribution in [3.63, 3.8) is 0 Å². The van der Waals surface area contributed by atoms with Gasteiger partial charge in [0.1, 0.15) is 17.3 Å². The number of carbonyl (C=O) groups is 1. The molecule has 1 N–H and O–H groups in total. The number of amides is 1. The van der Waals surface area contributed by atoms with E-state index in [0.29, 0.717) is 19.6 Å². The number of hydrogen-bond acceptors (Lipinski definition) is 4. The average molecular weight is 500 g/mol. The summed E-state index contributed by atoms with van der Waals surface area (Å²) in [4.78, 5) is 17.2. The number of carbonyl (C=O) groups excluding carboxylic acids is 1. The highest BCUT2D eigenvalue weighted by Gasteiger charge is 2.11. The number of ether oxygens (including phenoxy) is 2. The number of aromatic nitrogens is 2. The van der Waals surface area contributed by atoms with E-state index in [4.69, 9.17) is 14.5 Å². The molecule has 194 valence electrons. The third kappa shape index (κ3) is 7.35. The molecule has 1 heterocycles. The normalized spacial score (nSPS) is 11.0. The lowest BCUT2D eigenvalue weighted by molar-refractivity contribution is -0.123. The van der Waals surface area contributed by atoms with Gasteiger partial charge in [-0.3, -0.25) is 4.79 Å². The molecule has 0 saturated heterocycles. The zero-order valence-corrected chi connectivity index (χ0v) is 22.3. The number of nitrogens with one attached hydrogen (secondary N) is 1. The van der Waals surface area contributed by atoms with Crippen LogP contribution in [-0.2, 0) is 17.8 Å². The summed E-state index contributed by atoms with van der Waals surface area (Å²) in [6, 6.07) is 20.5. The average Bonchev–Trinajstić information content (AvgIpc) is 3.21. The molecule has 6 nitrogen and oxygen atoms in total. The molecule has 0 aliphatic rings. The Kier molecular flexibility index (Phi) is 8.83. The summed E-state index contributed by atoms with van der Waals surface area (Å²) in [6.07, 6.45) is 2.59. The largest absolute Gasteiger partial charge is 0.494 e. The molecular formula is C31H37N3O3. The molecule has 0 atom stereocenters. The summed E-state index contributed by atoms with van der Waals surface area (Å²) in [7, 11) is 0. The maximum atomic E-state index is 12.4. The van der Waals surface area contributed by atoms with E-state index >= 15 is 0 Å². The second-order valence-corrected chi connectivity index (χ2v) is 9.70. The van der Waals surface area contributed by atoms with Crippen molar-refractivity contribution in [1.82, 2.24) is 14.9 Å². The fourth-order valence-electron chi connectivity index (χ4n) is 4.51. The number of imidazole rings is 1. The van der Waals surface area contributed by atoms with Crippen LogP contribution in [0, 0.1) is 27.7 Å². The van der Waals surface area contributed by atoms with Gasteiger partial charge in [0.05, 0.1) is 17.6 Å². The first-order chi connectivity index (χ1) is 17.9. The molecule has 0 unspecified atom stereocenters. The Morgan fingerprint density at radius 2 is 1.68 bits per heavy atom. The number of para-hydroxylation sites is 2. The molecule has 4 rings (SSSR count). The van der Waals surface area contributed by atoms with Crippen LogP contribution in [0.3, 0.4) is 0 Å². The van der Waals surface area contributed by atoms with Crippen LogP contribution in [0.4, 0.5) is 0 Å². The van der Waals surface area contributed by atoms with Crippen LogP contribution in [0.25, 0.3) is 11.0 Å². The van der Waals surface area contributed by atoms with E-state index in [1.807, 2.05) is 50.2 Å². The Bertz CT molecular complexity index is 1340. The standard InChI is InChI=1S/C31H37N3O3/c1-22-11-12-25(4)29(20-22)37-21-31(35)32-14-13-30-33-27-9-5-6-10-28(27)34(30)15-7-8-16-36-26-18-23(2)17-24(3)19-26/h5-6,9-12,17-20H,7-8,13-16,21H2,1-4H3,(H,32,35). The summed E-state index contributed by atoms with van der Waals surface area (Å²) in [5.41, 5.74) is 6.66. The first kappa shape index (κ1) is 26.3. The van der Waals surface area contributed by atoms with Gasteiger partial charge in [-0.25, -0.2) is 4.98 Å². The van der Waals surface area contributed by atoms with Crippen molar-refractivity contribution in [2.75, 3.05) is 19.8 Å². The Morgan fingerprint density at radius 1 is 0.892 bits per heavy atom. The van der Waals surface area contributed by atoms with Crippen molar-refractivity contribution in [3.8, 4) is 11.5 Å². The quantitative estimate of drug-likeness (QED) is 0.248. The number of fused-ring (bicyclic) bond motifs is 1. The molecule has 37 heavy (non-hydrogen) atoms. The van der Waals surface area contributed by atoms with Crippen molar-refractivity contribution >= 4 is 16.9 Å². The summed E-state index contributed by atoms with van der Waals surface area (Å²) >= 11 is 0. The van der Waals surface area contributed by atoms with Crippen LogP contribution in [0.15, 0.2) is 60.7 Å². The molecule has 0 aliphatic heterocycles. The van der Waals surface area contributed by atoms with E-state index in [1.54, 1.807) is 0 Å². The van der Waals surface area contributed by atoms with Gasteiger partial charge in [0, 0.05) is 19.5 Å². The number of aryl methyl sites for hydroxylation is 5. The molecule has 6 heteroatoms. The summed E-state index contributed by atoms with van der Waals surface area (Å²) in [5.74, 6) is 2.53. The Hall–Kier alpha value is -3.80. The van der Waals surface area contributed by atoms with Gasteiger partial charge >= 0.3 is 0 Å². The van der Waals surface area contributed by atoms with E-state index in [9.17, 15) is 4.79 Å². The Morgan fingerprint density at radius 3 is 2.49 bits per heavy atom. The zero-order chi connectivity index (χ0) is 26.2. The summed E-state index contributed by atoms with van der Waals surface area (Å²) < 4.78 is 14.0. The van der Waals surface area contributed by atoms with E-state index < -0.39 is 0 Å². The molecule has 0 radical (unpaired) electrons. The molecule has 3 aromatic carbocycles. The minimum atomic E-state index is -0.132. The maximum Gasteiger partial charge on any atom is 0.257 e. The van der Waals surface area contributed by atoms with Crippen molar-refractivity contribution in [2.45, 2.75) is 53.5 Å². The van der Waals surface area contributed by atoms with E-state index in [0.717, 1.165) is 58.9 Å². The van der Waals surface area contributed by atoms with Gasteiger partial charge < -0.3 is 19.4 Å². The predicted octanol–water partition coefficient (Wildman–Crippen LogP) is 5.87. The van der Waals surface area contributed by atoms with E-state index in [2.05, 4.69) is 48.0 Å². The lowest BCUT2D eigenvalue weighted by atomic mass is 10.1. The van der Waals surface area contributed by atoms with Gasteiger partial charge in [0.15, 0.2) is 6.61 Å². The second kappa shape index (κ2) is 12.4. The Balaban J connectivity index is 1.28. The second-order valence-electron chi connectivity index (χ2n) is 9.70. The molecule has 4 aromatic rings. The lowest BCUT2D eigenvalue weighted by Gasteiger charge is -2.12. The highest BCUT2D eigenvalue weighted by atomic mass is 16.5. The number of benzene rings is 3. The van der Waals surface area contributed by atoms with Crippen LogP contribution < -0.4 is 14.8 Å². The molecule has 0 fully saturated rings. The third-order valence-electron chi connectivity index (χ3n) is 6.35.